The Kier molecular flexibility index (Phi) is 3.84. The number of nitrogens with zero attached hydrogens (tertiary/aromatic N) is 3. The summed E-state index contributed by atoms with van der Waals surface area (Å²) in [6, 6.07) is 1.64. The Hall–Kier alpha value is -1.89. The van der Waals surface area contributed by atoms with Gasteiger partial charge in [0.05, 0.1) is 11.1 Å². The number of amides is 1. The minimum atomic E-state index is -0.483. The normalized spacial score (nSPS) is 19.5. The van der Waals surface area contributed by atoms with Gasteiger partial charge in [-0.2, -0.15) is 0 Å². The second kappa shape index (κ2) is 5.40. The van der Waals surface area contributed by atoms with Gasteiger partial charge in [0.15, 0.2) is 0 Å². The number of rotatable bonds is 3. The minimum Gasteiger partial charge on any atom is -0.340 e. The highest BCUT2D eigenvalue weighted by molar-refractivity contribution is 5.93. The molecule has 1 atom stereocenters. The molecule has 0 aliphatic carbocycles. The molecule has 1 unspecified atom stereocenters. The van der Waals surface area contributed by atoms with E-state index >= 15 is 0 Å². The molecule has 1 aliphatic rings. The number of hydrogen-bond acceptors (Lipinski definition) is 4. The predicted octanol–water partition coefficient (Wildman–Crippen LogP) is 0.757. The molecule has 1 amide bonds. The highest BCUT2D eigenvalue weighted by Crippen LogP contribution is 2.19. The summed E-state index contributed by atoms with van der Waals surface area (Å²) in [5, 5.41) is 13.9. The first-order valence-electron chi connectivity index (χ1n) is 6.30. The van der Waals surface area contributed by atoms with Crippen LogP contribution in [0.15, 0.2) is 12.3 Å². The van der Waals surface area contributed by atoms with Crippen LogP contribution in [-0.4, -0.2) is 46.5 Å². The molecule has 7 heteroatoms. The second-order valence-electron chi connectivity index (χ2n) is 4.83. The van der Waals surface area contributed by atoms with Crippen molar-refractivity contribution in [3.8, 4) is 0 Å². The third-order valence-electron chi connectivity index (χ3n) is 3.54. The highest BCUT2D eigenvalue weighted by atomic mass is 16.6. The van der Waals surface area contributed by atoms with Crippen LogP contribution in [0, 0.1) is 10.1 Å². The fourth-order valence-corrected chi connectivity index (χ4v) is 2.42. The van der Waals surface area contributed by atoms with Crippen LogP contribution in [0.25, 0.3) is 0 Å². The van der Waals surface area contributed by atoms with Gasteiger partial charge in [-0.25, -0.2) is 0 Å². The summed E-state index contributed by atoms with van der Waals surface area (Å²) in [6.07, 6.45) is 3.37. The van der Waals surface area contributed by atoms with Gasteiger partial charge in [0.1, 0.15) is 5.69 Å². The number of aryl methyl sites for hydroxylation is 1. The first-order valence-corrected chi connectivity index (χ1v) is 6.30. The Balaban J connectivity index is 2.17. The standard InChI is InChI=1S/C12H18N4O3/c1-13-9-4-3-5-15(7-9)12(17)11-6-10(16(18)19)8-14(11)2/h6,8-9,13H,3-5,7H2,1-2H3. The smallest absolute Gasteiger partial charge is 0.287 e. The van der Waals surface area contributed by atoms with Crippen LogP contribution in [-0.2, 0) is 7.05 Å². The predicted molar refractivity (Wildman–Crippen MR) is 70.1 cm³/mol. The molecule has 1 N–H and O–H groups in total. The molecule has 2 heterocycles. The van der Waals surface area contributed by atoms with Crippen LogP contribution >= 0.6 is 0 Å². The van der Waals surface area contributed by atoms with E-state index < -0.39 is 4.92 Å². The molecule has 104 valence electrons. The van der Waals surface area contributed by atoms with Crippen molar-refractivity contribution >= 4 is 11.6 Å². The fourth-order valence-electron chi connectivity index (χ4n) is 2.42. The van der Waals surface area contributed by atoms with Crippen molar-refractivity contribution in [3.63, 3.8) is 0 Å². The van der Waals surface area contributed by atoms with E-state index in [0.717, 1.165) is 12.8 Å². The van der Waals surface area contributed by atoms with Crippen LogP contribution in [0.1, 0.15) is 23.3 Å². The van der Waals surface area contributed by atoms with Crippen LogP contribution in [0.2, 0.25) is 0 Å². The molecule has 0 radical (unpaired) electrons. The van der Waals surface area contributed by atoms with E-state index in [2.05, 4.69) is 5.32 Å². The van der Waals surface area contributed by atoms with Crippen molar-refractivity contribution in [2.75, 3.05) is 20.1 Å². The van der Waals surface area contributed by atoms with Gasteiger partial charge in [-0.05, 0) is 19.9 Å². The van der Waals surface area contributed by atoms with Crippen molar-refractivity contribution in [3.05, 3.63) is 28.1 Å². The Bertz CT molecular complexity index is 497. The summed E-state index contributed by atoms with van der Waals surface area (Å²) in [5.41, 5.74) is 0.316. The minimum absolute atomic E-state index is 0.0481. The van der Waals surface area contributed by atoms with Gasteiger partial charge >= 0.3 is 0 Å². The number of nitrogens with one attached hydrogen (secondary N) is 1. The van der Waals surface area contributed by atoms with Crippen molar-refractivity contribution in [1.29, 1.82) is 0 Å². The van der Waals surface area contributed by atoms with E-state index in [9.17, 15) is 14.9 Å². The van der Waals surface area contributed by atoms with Crippen molar-refractivity contribution in [2.45, 2.75) is 18.9 Å². The molecular weight excluding hydrogens is 248 g/mol. The Morgan fingerprint density at radius 3 is 2.89 bits per heavy atom. The summed E-state index contributed by atoms with van der Waals surface area (Å²) in [7, 11) is 3.53. The molecule has 0 spiro atoms. The first kappa shape index (κ1) is 13.5. The van der Waals surface area contributed by atoms with E-state index in [1.165, 1.54) is 16.8 Å². The molecule has 1 fully saturated rings. The molecule has 1 aromatic rings. The van der Waals surface area contributed by atoms with Crippen LogP contribution < -0.4 is 5.32 Å². The zero-order valence-electron chi connectivity index (χ0n) is 11.1. The van der Waals surface area contributed by atoms with Gasteiger partial charge in [-0.15, -0.1) is 0 Å². The maximum absolute atomic E-state index is 12.4. The van der Waals surface area contributed by atoms with Gasteiger partial charge in [0.2, 0.25) is 0 Å². The molecule has 1 saturated heterocycles. The van der Waals surface area contributed by atoms with E-state index in [1.807, 2.05) is 7.05 Å². The topological polar surface area (TPSA) is 80.4 Å². The van der Waals surface area contributed by atoms with E-state index in [4.69, 9.17) is 0 Å². The monoisotopic (exact) mass is 266 g/mol. The maximum atomic E-state index is 12.4. The average Bonchev–Trinajstić information content (AvgIpc) is 2.80. The van der Waals surface area contributed by atoms with Gasteiger partial charge in [0, 0.05) is 32.2 Å². The molecule has 7 nitrogen and oxygen atoms in total. The average molecular weight is 266 g/mol. The first-order chi connectivity index (χ1) is 9.02. The second-order valence-corrected chi connectivity index (χ2v) is 4.83. The molecular formula is C12H18N4O3. The zero-order chi connectivity index (χ0) is 14.0. The summed E-state index contributed by atoms with van der Waals surface area (Å²) < 4.78 is 1.52. The summed E-state index contributed by atoms with van der Waals surface area (Å²) >= 11 is 0. The fraction of sp³-hybridized carbons (Fsp3) is 0.583. The molecule has 2 rings (SSSR count). The number of nitro groups is 1. The Morgan fingerprint density at radius 2 is 2.32 bits per heavy atom. The van der Waals surface area contributed by atoms with E-state index in [0.29, 0.717) is 24.8 Å². The van der Waals surface area contributed by atoms with Gasteiger partial charge in [-0.3, -0.25) is 14.9 Å². The SMILES string of the molecule is CNC1CCCN(C(=O)c2cc([N+](=O)[O-])cn2C)C1. The van der Waals surface area contributed by atoms with Gasteiger partial charge in [-0.1, -0.05) is 0 Å². The lowest BCUT2D eigenvalue weighted by atomic mass is 10.1. The molecule has 1 aliphatic heterocycles. The van der Waals surface area contributed by atoms with E-state index in [-0.39, 0.29) is 11.6 Å². The highest BCUT2D eigenvalue weighted by Gasteiger charge is 2.26. The third-order valence-corrected chi connectivity index (χ3v) is 3.54. The summed E-state index contributed by atoms with van der Waals surface area (Å²) in [6.45, 7) is 1.35. The number of likely N-dealkylation sites (tertiary alicyclic amines) is 1. The van der Waals surface area contributed by atoms with Crippen LogP contribution in [0.4, 0.5) is 5.69 Å². The molecule has 19 heavy (non-hydrogen) atoms. The van der Waals surface area contributed by atoms with Gasteiger partial charge in [0.25, 0.3) is 11.6 Å². The summed E-state index contributed by atoms with van der Waals surface area (Å²) in [4.78, 5) is 24.4. The van der Waals surface area contributed by atoms with Crippen molar-refractivity contribution < 1.29 is 9.72 Å². The number of piperidine rings is 1. The Morgan fingerprint density at radius 1 is 1.58 bits per heavy atom. The third kappa shape index (κ3) is 2.76. The van der Waals surface area contributed by atoms with Crippen molar-refractivity contribution in [1.82, 2.24) is 14.8 Å². The quantitative estimate of drug-likeness (QED) is 0.647. The lowest BCUT2D eigenvalue weighted by molar-refractivity contribution is -0.384. The lowest BCUT2D eigenvalue weighted by Crippen LogP contribution is -2.47. The van der Waals surface area contributed by atoms with Crippen LogP contribution in [0.3, 0.4) is 0 Å². The number of aromatic nitrogens is 1. The molecule has 1 aromatic heterocycles. The number of carbonyl (C=O) groups excluding carboxylic acids is 1. The maximum Gasteiger partial charge on any atom is 0.287 e. The van der Waals surface area contributed by atoms with Gasteiger partial charge < -0.3 is 14.8 Å². The number of hydrogen-bond donors (Lipinski definition) is 1. The zero-order valence-corrected chi connectivity index (χ0v) is 11.1. The largest absolute Gasteiger partial charge is 0.340 e. The molecule has 0 bridgehead atoms. The number of carbonyl (C=O) groups is 1. The lowest BCUT2D eigenvalue weighted by Gasteiger charge is -2.32. The number of likely N-dealkylation sites (N-methyl/N-ethyl adjacent to an activating group) is 1. The van der Waals surface area contributed by atoms with E-state index in [1.54, 1.807) is 11.9 Å². The van der Waals surface area contributed by atoms with Crippen LogP contribution in [0.5, 0.6) is 0 Å². The molecule has 0 saturated carbocycles. The Labute approximate surface area is 111 Å². The summed E-state index contributed by atoms with van der Waals surface area (Å²) in [5.74, 6) is -0.143. The van der Waals surface area contributed by atoms with Crippen molar-refractivity contribution in [2.24, 2.45) is 7.05 Å². The molecule has 0 aromatic carbocycles.